The van der Waals surface area contributed by atoms with Crippen LogP contribution in [0.15, 0.2) is 30.3 Å². The Kier molecular flexibility index (Phi) is 2.04. The molecule has 0 bridgehead atoms. The first-order chi connectivity index (χ1) is 7.74. The number of hydrogen-bond acceptors (Lipinski definition) is 3. The third-order valence-corrected chi connectivity index (χ3v) is 3.51. The summed E-state index contributed by atoms with van der Waals surface area (Å²) >= 11 is 1.72. The summed E-state index contributed by atoms with van der Waals surface area (Å²) in [4.78, 5) is 6.93. The molecule has 3 rings (SSSR count). The maximum Gasteiger partial charge on any atom is 0.192 e. The average Bonchev–Trinajstić information content (AvgIpc) is 2.84. The van der Waals surface area contributed by atoms with Crippen molar-refractivity contribution in [2.75, 3.05) is 0 Å². The van der Waals surface area contributed by atoms with Gasteiger partial charge in [-0.3, -0.25) is 0 Å². The second kappa shape index (κ2) is 3.42. The predicted octanol–water partition coefficient (Wildman–Crippen LogP) is 3.07. The Labute approximate surface area is 97.4 Å². The summed E-state index contributed by atoms with van der Waals surface area (Å²) in [6, 6.07) is 10.2. The minimum absolute atomic E-state index is 0.812. The van der Waals surface area contributed by atoms with Crippen molar-refractivity contribution < 1.29 is 0 Å². The van der Waals surface area contributed by atoms with E-state index in [0.29, 0.717) is 0 Å². The Morgan fingerprint density at radius 2 is 2.00 bits per heavy atom. The molecule has 80 valence electrons. The lowest BCUT2D eigenvalue weighted by Crippen LogP contribution is -1.91. The fourth-order valence-corrected chi connectivity index (χ4v) is 2.49. The highest BCUT2D eigenvalue weighted by molar-refractivity contribution is 7.15. The maximum absolute atomic E-state index is 4.52. The van der Waals surface area contributed by atoms with Crippen molar-refractivity contribution in [3.8, 4) is 10.7 Å². The van der Waals surface area contributed by atoms with Gasteiger partial charge in [0, 0.05) is 10.6 Å². The van der Waals surface area contributed by atoms with Gasteiger partial charge in [0.1, 0.15) is 0 Å². The summed E-state index contributed by atoms with van der Waals surface area (Å²) in [5.74, 6) is 0.812. The number of pyridine rings is 1. The molecule has 0 aliphatic carbocycles. The molecule has 0 aliphatic rings. The number of fused-ring (bicyclic) bond motifs is 1. The van der Waals surface area contributed by atoms with Crippen LogP contribution in [0.1, 0.15) is 10.6 Å². The molecule has 0 amide bonds. The summed E-state index contributed by atoms with van der Waals surface area (Å²) in [7, 11) is 0. The molecular formula is C12H11N3S. The molecule has 0 atom stereocenters. The molecule has 3 heterocycles. The zero-order chi connectivity index (χ0) is 11.1. The molecule has 0 unspecified atom stereocenters. The fraction of sp³-hybridized carbons (Fsp3) is 0.167. The van der Waals surface area contributed by atoms with Gasteiger partial charge in [-0.1, -0.05) is 6.07 Å². The van der Waals surface area contributed by atoms with E-state index < -0.39 is 0 Å². The molecule has 0 saturated heterocycles. The lowest BCUT2D eigenvalue weighted by atomic mass is 10.4. The minimum atomic E-state index is 0.812. The molecular weight excluding hydrogens is 218 g/mol. The lowest BCUT2D eigenvalue weighted by Gasteiger charge is -1.93. The van der Waals surface area contributed by atoms with E-state index >= 15 is 0 Å². The number of hydrogen-bond donors (Lipinski definition) is 0. The van der Waals surface area contributed by atoms with Gasteiger partial charge >= 0.3 is 0 Å². The third kappa shape index (κ3) is 1.42. The van der Waals surface area contributed by atoms with E-state index in [1.165, 1.54) is 4.88 Å². The number of rotatable bonds is 1. The molecule has 3 aromatic heterocycles. The Bertz CT molecular complexity index is 651. The second-order valence-electron chi connectivity index (χ2n) is 3.78. The van der Waals surface area contributed by atoms with E-state index in [-0.39, 0.29) is 0 Å². The summed E-state index contributed by atoms with van der Waals surface area (Å²) in [6.45, 7) is 4.13. The van der Waals surface area contributed by atoms with Gasteiger partial charge in [0.2, 0.25) is 0 Å². The van der Waals surface area contributed by atoms with Gasteiger partial charge in [-0.15, -0.1) is 16.4 Å². The normalized spacial score (nSPS) is 11.1. The highest BCUT2D eigenvalue weighted by Gasteiger charge is 2.08. The van der Waals surface area contributed by atoms with Crippen LogP contribution in [0.4, 0.5) is 0 Å². The molecule has 0 saturated carbocycles. The molecule has 3 nitrogen and oxygen atoms in total. The Morgan fingerprint density at radius 1 is 1.12 bits per heavy atom. The van der Waals surface area contributed by atoms with E-state index in [0.717, 1.165) is 22.0 Å². The molecule has 0 aromatic carbocycles. The van der Waals surface area contributed by atoms with Crippen LogP contribution in [-0.4, -0.2) is 14.6 Å². The van der Waals surface area contributed by atoms with Gasteiger partial charge in [0.25, 0.3) is 0 Å². The fourth-order valence-electron chi connectivity index (χ4n) is 1.69. The van der Waals surface area contributed by atoms with Crippen LogP contribution in [0, 0.1) is 13.8 Å². The lowest BCUT2D eigenvalue weighted by molar-refractivity contribution is 0.919. The minimum Gasteiger partial charge on any atom is -0.218 e. The number of aryl methyl sites for hydroxylation is 2. The summed E-state index contributed by atoms with van der Waals surface area (Å²) < 4.78 is 1.88. The van der Waals surface area contributed by atoms with Crippen molar-refractivity contribution in [3.63, 3.8) is 0 Å². The summed E-state index contributed by atoms with van der Waals surface area (Å²) in [5.41, 5.74) is 2.01. The van der Waals surface area contributed by atoms with Gasteiger partial charge < -0.3 is 0 Å². The van der Waals surface area contributed by atoms with Crippen LogP contribution in [0.25, 0.3) is 16.3 Å². The Morgan fingerprint density at radius 3 is 2.69 bits per heavy atom. The van der Waals surface area contributed by atoms with Crippen molar-refractivity contribution in [2.24, 2.45) is 0 Å². The Hall–Kier alpha value is -1.68. The second-order valence-corrected chi connectivity index (χ2v) is 5.07. The van der Waals surface area contributed by atoms with E-state index in [1.54, 1.807) is 11.3 Å². The SMILES string of the molecule is Cc1ccc(-c2nc3cccc(C)n3n2)s1. The van der Waals surface area contributed by atoms with Crippen molar-refractivity contribution >= 4 is 17.0 Å². The van der Waals surface area contributed by atoms with E-state index in [2.05, 4.69) is 29.1 Å². The predicted molar refractivity (Wildman–Crippen MR) is 65.8 cm³/mol. The topological polar surface area (TPSA) is 30.2 Å². The Balaban J connectivity index is 2.22. The van der Waals surface area contributed by atoms with E-state index in [9.17, 15) is 0 Å². The highest BCUT2D eigenvalue weighted by Crippen LogP contribution is 2.25. The molecule has 0 fully saturated rings. The maximum atomic E-state index is 4.52. The summed E-state index contributed by atoms with van der Waals surface area (Å²) in [5, 5.41) is 4.51. The van der Waals surface area contributed by atoms with Crippen LogP contribution in [0.5, 0.6) is 0 Å². The van der Waals surface area contributed by atoms with Crippen molar-refractivity contribution in [1.82, 2.24) is 14.6 Å². The van der Waals surface area contributed by atoms with Crippen LogP contribution in [-0.2, 0) is 0 Å². The number of nitrogens with zero attached hydrogens (tertiary/aromatic N) is 3. The molecule has 0 spiro atoms. The molecule has 0 aliphatic heterocycles. The first kappa shape index (κ1) is 9.54. The van der Waals surface area contributed by atoms with Gasteiger partial charge in [-0.05, 0) is 38.1 Å². The average molecular weight is 229 g/mol. The van der Waals surface area contributed by atoms with Crippen molar-refractivity contribution in [3.05, 3.63) is 40.9 Å². The largest absolute Gasteiger partial charge is 0.218 e. The third-order valence-electron chi connectivity index (χ3n) is 2.51. The van der Waals surface area contributed by atoms with Crippen LogP contribution >= 0.6 is 11.3 Å². The molecule has 3 aromatic rings. The number of thiophene rings is 1. The van der Waals surface area contributed by atoms with Crippen molar-refractivity contribution in [2.45, 2.75) is 13.8 Å². The standard InChI is InChI=1S/C12H11N3S/c1-8-4-3-5-11-13-12(14-15(8)11)10-7-6-9(2)16-10/h3-7H,1-2H3. The monoisotopic (exact) mass is 229 g/mol. The quantitative estimate of drug-likeness (QED) is 0.642. The zero-order valence-corrected chi connectivity index (χ0v) is 9.95. The summed E-state index contributed by atoms with van der Waals surface area (Å²) in [6.07, 6.45) is 0. The van der Waals surface area contributed by atoms with Crippen molar-refractivity contribution in [1.29, 1.82) is 0 Å². The van der Waals surface area contributed by atoms with Crippen LogP contribution in [0.2, 0.25) is 0 Å². The first-order valence-electron chi connectivity index (χ1n) is 5.13. The van der Waals surface area contributed by atoms with Gasteiger partial charge in [0.15, 0.2) is 11.5 Å². The van der Waals surface area contributed by atoms with Crippen LogP contribution < -0.4 is 0 Å². The zero-order valence-electron chi connectivity index (χ0n) is 9.14. The first-order valence-corrected chi connectivity index (χ1v) is 5.95. The molecule has 0 N–H and O–H groups in total. The van der Waals surface area contributed by atoms with E-state index in [4.69, 9.17) is 0 Å². The van der Waals surface area contributed by atoms with Gasteiger partial charge in [-0.25, -0.2) is 9.50 Å². The number of aromatic nitrogens is 3. The highest BCUT2D eigenvalue weighted by atomic mass is 32.1. The molecule has 4 heteroatoms. The molecule has 0 radical (unpaired) electrons. The smallest absolute Gasteiger partial charge is 0.192 e. The van der Waals surface area contributed by atoms with Gasteiger partial charge in [-0.2, -0.15) is 0 Å². The van der Waals surface area contributed by atoms with E-state index in [1.807, 2.05) is 29.6 Å². The van der Waals surface area contributed by atoms with Crippen LogP contribution in [0.3, 0.4) is 0 Å². The molecule has 16 heavy (non-hydrogen) atoms. The van der Waals surface area contributed by atoms with Gasteiger partial charge in [0.05, 0.1) is 4.88 Å².